The summed E-state index contributed by atoms with van der Waals surface area (Å²) < 4.78 is 0. The molecule has 0 bridgehead atoms. The van der Waals surface area contributed by atoms with Crippen molar-refractivity contribution in [2.75, 3.05) is 50.7 Å². The first kappa shape index (κ1) is 21.2. The first-order chi connectivity index (χ1) is 14.8. The summed E-state index contributed by atoms with van der Waals surface area (Å²) in [5.41, 5.74) is 1.34. The number of nitrogens with one attached hydrogen (secondary N) is 2. The molecule has 162 valence electrons. The predicted molar refractivity (Wildman–Crippen MR) is 129 cm³/mol. The van der Waals surface area contributed by atoms with Gasteiger partial charge in [0.1, 0.15) is 0 Å². The van der Waals surface area contributed by atoms with Crippen LogP contribution in [0.2, 0.25) is 0 Å². The molecule has 0 aliphatic carbocycles. The van der Waals surface area contributed by atoms with Crippen molar-refractivity contribution in [1.82, 2.24) is 15.5 Å². The molecule has 2 saturated heterocycles. The first-order valence-electron chi connectivity index (χ1n) is 11.4. The standard InChI is InChI=1S/C24H35N5S/c1-2-25-24(26-17-20-12-15-29(19-20)21-9-4-3-5-10-21)27-18-22(23-11-8-16-30-23)28-13-6-7-14-28/h3-5,8-11,16,20,22H,2,6-7,12-15,17-19H2,1H3,(H2,25,26,27). The van der Waals surface area contributed by atoms with Crippen LogP contribution < -0.4 is 15.5 Å². The number of guanidine groups is 1. The van der Waals surface area contributed by atoms with E-state index < -0.39 is 0 Å². The molecule has 2 N–H and O–H groups in total. The van der Waals surface area contributed by atoms with E-state index in [0.717, 1.165) is 38.7 Å². The lowest BCUT2D eigenvalue weighted by molar-refractivity contribution is 0.255. The number of rotatable bonds is 8. The van der Waals surface area contributed by atoms with Gasteiger partial charge in [0.2, 0.25) is 0 Å². The lowest BCUT2D eigenvalue weighted by atomic mass is 10.1. The van der Waals surface area contributed by atoms with Crippen molar-refractivity contribution < 1.29 is 0 Å². The molecular weight excluding hydrogens is 390 g/mol. The van der Waals surface area contributed by atoms with E-state index in [-0.39, 0.29) is 0 Å². The molecule has 4 rings (SSSR count). The average molecular weight is 426 g/mol. The Bertz CT molecular complexity index is 770. The molecule has 0 saturated carbocycles. The van der Waals surface area contributed by atoms with Gasteiger partial charge in [0, 0.05) is 36.7 Å². The fraction of sp³-hybridized carbons (Fsp3) is 0.542. The molecule has 3 heterocycles. The third kappa shape index (κ3) is 5.55. The highest BCUT2D eigenvalue weighted by molar-refractivity contribution is 7.10. The van der Waals surface area contributed by atoms with Gasteiger partial charge in [-0.25, -0.2) is 0 Å². The Morgan fingerprint density at radius 3 is 2.67 bits per heavy atom. The monoisotopic (exact) mass is 425 g/mol. The molecule has 2 atom stereocenters. The average Bonchev–Trinajstić information content (AvgIpc) is 3.56. The van der Waals surface area contributed by atoms with Crippen molar-refractivity contribution in [2.45, 2.75) is 32.2 Å². The van der Waals surface area contributed by atoms with Gasteiger partial charge in [-0.05, 0) is 68.8 Å². The maximum Gasteiger partial charge on any atom is 0.191 e. The number of likely N-dealkylation sites (tertiary alicyclic amines) is 1. The molecule has 2 unspecified atom stereocenters. The highest BCUT2D eigenvalue weighted by Crippen LogP contribution is 2.28. The van der Waals surface area contributed by atoms with Gasteiger partial charge in [0.15, 0.2) is 5.96 Å². The van der Waals surface area contributed by atoms with Gasteiger partial charge in [0.25, 0.3) is 0 Å². The summed E-state index contributed by atoms with van der Waals surface area (Å²) in [5, 5.41) is 9.26. The summed E-state index contributed by atoms with van der Waals surface area (Å²) in [7, 11) is 0. The summed E-state index contributed by atoms with van der Waals surface area (Å²) in [6.45, 7) is 9.46. The molecule has 0 radical (unpaired) electrons. The second-order valence-electron chi connectivity index (χ2n) is 8.31. The van der Waals surface area contributed by atoms with Gasteiger partial charge in [-0.15, -0.1) is 11.3 Å². The number of hydrogen-bond acceptors (Lipinski definition) is 4. The van der Waals surface area contributed by atoms with Crippen LogP contribution >= 0.6 is 11.3 Å². The Morgan fingerprint density at radius 1 is 1.10 bits per heavy atom. The second kappa shape index (κ2) is 10.8. The van der Waals surface area contributed by atoms with Crippen molar-refractivity contribution in [1.29, 1.82) is 0 Å². The number of hydrogen-bond donors (Lipinski definition) is 2. The summed E-state index contributed by atoms with van der Waals surface area (Å²) in [6.07, 6.45) is 3.85. The SMILES string of the molecule is CCNC(=NCC(c1cccs1)N1CCCC1)NCC1CCN(c2ccccc2)C1. The molecule has 1 aromatic carbocycles. The van der Waals surface area contributed by atoms with E-state index in [1.165, 1.54) is 42.9 Å². The minimum Gasteiger partial charge on any atom is -0.371 e. The molecule has 1 aromatic heterocycles. The number of benzene rings is 1. The minimum absolute atomic E-state index is 0.406. The molecule has 2 aromatic rings. The third-order valence-corrected chi connectivity index (χ3v) is 7.16. The van der Waals surface area contributed by atoms with E-state index in [4.69, 9.17) is 4.99 Å². The number of para-hydroxylation sites is 1. The highest BCUT2D eigenvalue weighted by atomic mass is 32.1. The Balaban J connectivity index is 1.33. The Morgan fingerprint density at radius 2 is 1.93 bits per heavy atom. The lowest BCUT2D eigenvalue weighted by Gasteiger charge is -2.25. The van der Waals surface area contributed by atoms with Crippen LogP contribution in [0.3, 0.4) is 0 Å². The second-order valence-corrected chi connectivity index (χ2v) is 9.29. The molecule has 6 heteroatoms. The van der Waals surface area contributed by atoms with Gasteiger partial charge in [-0.2, -0.15) is 0 Å². The zero-order valence-electron chi connectivity index (χ0n) is 18.1. The van der Waals surface area contributed by atoms with Crippen LogP contribution in [0.15, 0.2) is 52.8 Å². The van der Waals surface area contributed by atoms with Crippen molar-refractivity contribution >= 4 is 23.0 Å². The van der Waals surface area contributed by atoms with E-state index >= 15 is 0 Å². The van der Waals surface area contributed by atoms with Gasteiger partial charge in [-0.1, -0.05) is 24.3 Å². The van der Waals surface area contributed by atoms with E-state index in [2.05, 4.69) is 75.2 Å². The van der Waals surface area contributed by atoms with Crippen LogP contribution in [-0.4, -0.2) is 56.7 Å². The van der Waals surface area contributed by atoms with Crippen molar-refractivity contribution in [3.8, 4) is 0 Å². The van der Waals surface area contributed by atoms with Crippen LogP contribution in [-0.2, 0) is 0 Å². The van der Waals surface area contributed by atoms with Crippen LogP contribution in [0.25, 0.3) is 0 Å². The van der Waals surface area contributed by atoms with Gasteiger partial charge >= 0.3 is 0 Å². The molecular formula is C24H35N5S. The zero-order chi connectivity index (χ0) is 20.6. The number of thiophene rings is 1. The summed E-state index contributed by atoms with van der Waals surface area (Å²) >= 11 is 1.86. The zero-order valence-corrected chi connectivity index (χ0v) is 18.9. The molecule has 2 aliphatic heterocycles. The fourth-order valence-corrected chi connectivity index (χ4v) is 5.40. The normalized spacial score (nSPS) is 21.2. The van der Waals surface area contributed by atoms with E-state index in [1.54, 1.807) is 0 Å². The summed E-state index contributed by atoms with van der Waals surface area (Å²) in [5.74, 6) is 1.61. The van der Waals surface area contributed by atoms with Crippen molar-refractivity contribution in [3.63, 3.8) is 0 Å². The maximum absolute atomic E-state index is 5.00. The molecule has 2 fully saturated rings. The van der Waals surface area contributed by atoms with Crippen LogP contribution in [0.1, 0.15) is 37.1 Å². The van der Waals surface area contributed by atoms with Crippen LogP contribution in [0.5, 0.6) is 0 Å². The topological polar surface area (TPSA) is 42.9 Å². The van der Waals surface area contributed by atoms with E-state index in [1.807, 2.05) is 11.3 Å². The minimum atomic E-state index is 0.406. The molecule has 2 aliphatic rings. The number of nitrogens with zero attached hydrogens (tertiary/aromatic N) is 3. The largest absolute Gasteiger partial charge is 0.371 e. The Hall–Kier alpha value is -2.05. The fourth-order valence-electron chi connectivity index (χ4n) is 4.55. The quantitative estimate of drug-likeness (QED) is 0.496. The molecule has 30 heavy (non-hydrogen) atoms. The number of aliphatic imine (C=N–C) groups is 1. The van der Waals surface area contributed by atoms with Gasteiger partial charge in [-0.3, -0.25) is 9.89 Å². The number of anilines is 1. The molecule has 5 nitrogen and oxygen atoms in total. The maximum atomic E-state index is 5.00. The van der Waals surface area contributed by atoms with Gasteiger partial charge < -0.3 is 15.5 Å². The van der Waals surface area contributed by atoms with E-state index in [0.29, 0.717) is 12.0 Å². The van der Waals surface area contributed by atoms with E-state index in [9.17, 15) is 0 Å². The smallest absolute Gasteiger partial charge is 0.191 e. The van der Waals surface area contributed by atoms with Crippen molar-refractivity contribution in [3.05, 3.63) is 52.7 Å². The molecule has 0 spiro atoms. The van der Waals surface area contributed by atoms with Crippen molar-refractivity contribution in [2.24, 2.45) is 10.9 Å². The van der Waals surface area contributed by atoms with Gasteiger partial charge in [0.05, 0.1) is 12.6 Å². The summed E-state index contributed by atoms with van der Waals surface area (Å²) in [4.78, 5) is 11.5. The Labute approximate surface area is 185 Å². The first-order valence-corrected chi connectivity index (χ1v) is 12.3. The predicted octanol–water partition coefficient (Wildman–Crippen LogP) is 3.97. The van der Waals surface area contributed by atoms with Crippen LogP contribution in [0, 0.1) is 5.92 Å². The summed E-state index contributed by atoms with van der Waals surface area (Å²) in [6, 6.07) is 15.6. The highest BCUT2D eigenvalue weighted by Gasteiger charge is 2.25. The van der Waals surface area contributed by atoms with Crippen LogP contribution in [0.4, 0.5) is 5.69 Å². The lowest BCUT2D eigenvalue weighted by Crippen LogP contribution is -2.41. The molecule has 0 amide bonds. The Kier molecular flexibility index (Phi) is 7.65. The third-order valence-electron chi connectivity index (χ3n) is 6.18.